The summed E-state index contributed by atoms with van der Waals surface area (Å²) in [4.78, 5) is 12.3. The second-order valence-electron chi connectivity index (χ2n) is 7.71. The summed E-state index contributed by atoms with van der Waals surface area (Å²) in [5.74, 6) is 0.163. The van der Waals surface area contributed by atoms with Gasteiger partial charge in [0.25, 0.3) is 0 Å². The van der Waals surface area contributed by atoms with Crippen molar-refractivity contribution in [2.24, 2.45) is 0 Å². The normalized spacial score (nSPS) is 19.1. The Kier molecular flexibility index (Phi) is 5.50. The Balaban J connectivity index is 1.82. The highest BCUT2D eigenvalue weighted by Crippen LogP contribution is 2.37. The summed E-state index contributed by atoms with van der Waals surface area (Å²) in [6, 6.07) is 14.0. The van der Waals surface area contributed by atoms with Gasteiger partial charge >= 0.3 is 6.09 Å². The number of carbonyl (C=O) groups excluding carboxylic acids is 1. The number of ether oxygens (including phenoxy) is 1. The molecule has 0 heterocycles. The number of rotatable bonds is 3. The molecule has 2 aromatic rings. The van der Waals surface area contributed by atoms with Crippen LogP contribution in [0, 0.1) is 0 Å². The van der Waals surface area contributed by atoms with Crippen LogP contribution in [0.3, 0.4) is 0 Å². The van der Waals surface area contributed by atoms with Gasteiger partial charge in [0.05, 0.1) is 10.0 Å². The van der Waals surface area contributed by atoms with Crippen LogP contribution < -0.4 is 5.32 Å². The Morgan fingerprint density at radius 1 is 1.15 bits per heavy atom. The second kappa shape index (κ2) is 7.50. The topological polar surface area (TPSA) is 38.3 Å². The lowest BCUT2D eigenvalue weighted by molar-refractivity contribution is 0.0499. The van der Waals surface area contributed by atoms with E-state index in [1.165, 1.54) is 11.1 Å². The number of hydrogen-bond acceptors (Lipinski definition) is 2. The SMILES string of the molecule is CC(C)(C)OC(=O)N[C@@H]1Cc2ccccc2[C@H]1Cc1ccc(Cl)c(Cl)c1. The minimum atomic E-state index is -0.519. The number of halogens is 2. The fourth-order valence-electron chi connectivity index (χ4n) is 3.46. The van der Waals surface area contributed by atoms with Crippen LogP contribution in [0.25, 0.3) is 0 Å². The van der Waals surface area contributed by atoms with Gasteiger partial charge in [0.1, 0.15) is 5.60 Å². The second-order valence-corrected chi connectivity index (χ2v) is 8.53. The van der Waals surface area contributed by atoms with E-state index < -0.39 is 5.60 Å². The zero-order chi connectivity index (χ0) is 18.9. The van der Waals surface area contributed by atoms with Crippen molar-refractivity contribution in [2.45, 2.75) is 51.2 Å². The van der Waals surface area contributed by atoms with Crippen LogP contribution in [0.1, 0.15) is 43.4 Å². The van der Waals surface area contributed by atoms with Gasteiger partial charge in [0.15, 0.2) is 0 Å². The van der Waals surface area contributed by atoms with Crippen molar-refractivity contribution < 1.29 is 9.53 Å². The lowest BCUT2D eigenvalue weighted by atomic mass is 9.91. The van der Waals surface area contributed by atoms with Gasteiger partial charge in [-0.2, -0.15) is 0 Å². The summed E-state index contributed by atoms with van der Waals surface area (Å²) in [5.41, 5.74) is 3.10. The molecule has 0 saturated carbocycles. The molecule has 138 valence electrons. The molecule has 3 nitrogen and oxygen atoms in total. The zero-order valence-electron chi connectivity index (χ0n) is 15.2. The van der Waals surface area contributed by atoms with Crippen molar-refractivity contribution in [1.29, 1.82) is 0 Å². The van der Waals surface area contributed by atoms with Crippen molar-refractivity contribution in [1.82, 2.24) is 5.32 Å². The molecule has 5 heteroatoms. The summed E-state index contributed by atoms with van der Waals surface area (Å²) in [7, 11) is 0. The third-order valence-electron chi connectivity index (χ3n) is 4.52. The number of fused-ring (bicyclic) bond motifs is 1. The summed E-state index contributed by atoms with van der Waals surface area (Å²) in [6.07, 6.45) is 1.19. The van der Waals surface area contributed by atoms with E-state index in [-0.39, 0.29) is 18.1 Å². The van der Waals surface area contributed by atoms with Gasteiger partial charge in [-0.15, -0.1) is 0 Å². The lowest BCUT2D eigenvalue weighted by Crippen LogP contribution is -2.41. The van der Waals surface area contributed by atoms with E-state index in [0.29, 0.717) is 10.0 Å². The maximum Gasteiger partial charge on any atom is 0.407 e. The molecule has 26 heavy (non-hydrogen) atoms. The van der Waals surface area contributed by atoms with E-state index in [2.05, 4.69) is 17.4 Å². The Morgan fingerprint density at radius 2 is 1.88 bits per heavy atom. The standard InChI is InChI=1S/C21H23Cl2NO2/c1-21(2,3)26-20(25)24-19-12-14-6-4-5-7-15(14)16(19)10-13-8-9-17(22)18(23)11-13/h4-9,11,16,19H,10,12H2,1-3H3,(H,24,25)/t16-,19-/m1/s1. The first-order valence-electron chi connectivity index (χ1n) is 8.74. The number of carbonyl (C=O) groups is 1. The summed E-state index contributed by atoms with van der Waals surface area (Å²) in [5, 5.41) is 4.15. The van der Waals surface area contributed by atoms with E-state index in [1.54, 1.807) is 0 Å². The van der Waals surface area contributed by atoms with Gasteiger partial charge in [-0.05, 0) is 62.4 Å². The molecule has 0 aliphatic heterocycles. The van der Waals surface area contributed by atoms with E-state index in [4.69, 9.17) is 27.9 Å². The average Bonchev–Trinajstić information content (AvgIpc) is 2.86. The fraction of sp³-hybridized carbons (Fsp3) is 0.381. The largest absolute Gasteiger partial charge is 0.444 e. The highest BCUT2D eigenvalue weighted by molar-refractivity contribution is 6.42. The van der Waals surface area contributed by atoms with E-state index in [1.807, 2.05) is 51.1 Å². The quantitative estimate of drug-likeness (QED) is 0.720. The lowest BCUT2D eigenvalue weighted by Gasteiger charge is -2.25. The molecular formula is C21H23Cl2NO2. The molecule has 1 N–H and O–H groups in total. The number of hydrogen-bond donors (Lipinski definition) is 1. The predicted molar refractivity (Wildman–Crippen MR) is 106 cm³/mol. The molecular weight excluding hydrogens is 369 g/mol. The van der Waals surface area contributed by atoms with Gasteiger partial charge in [-0.25, -0.2) is 4.79 Å². The Labute approximate surface area is 164 Å². The zero-order valence-corrected chi connectivity index (χ0v) is 16.7. The molecule has 3 rings (SSSR count). The number of benzene rings is 2. The molecule has 0 saturated heterocycles. The Hall–Kier alpha value is -1.71. The molecule has 1 aliphatic rings. The molecule has 0 bridgehead atoms. The Morgan fingerprint density at radius 3 is 2.58 bits per heavy atom. The van der Waals surface area contributed by atoms with Gasteiger partial charge in [-0.3, -0.25) is 0 Å². The number of amides is 1. The van der Waals surface area contributed by atoms with Crippen molar-refractivity contribution in [3.05, 3.63) is 69.2 Å². The van der Waals surface area contributed by atoms with Crippen LogP contribution >= 0.6 is 23.2 Å². The smallest absolute Gasteiger partial charge is 0.407 e. The van der Waals surface area contributed by atoms with Gasteiger partial charge in [0.2, 0.25) is 0 Å². The summed E-state index contributed by atoms with van der Waals surface area (Å²) < 4.78 is 5.44. The van der Waals surface area contributed by atoms with Crippen LogP contribution in [0.4, 0.5) is 4.79 Å². The minimum Gasteiger partial charge on any atom is -0.444 e. The van der Waals surface area contributed by atoms with E-state index >= 15 is 0 Å². The van der Waals surface area contributed by atoms with Crippen molar-refractivity contribution in [2.75, 3.05) is 0 Å². The minimum absolute atomic E-state index is 0.0169. The molecule has 2 aromatic carbocycles. The van der Waals surface area contributed by atoms with Crippen LogP contribution in [-0.2, 0) is 17.6 Å². The fourth-order valence-corrected chi connectivity index (χ4v) is 3.78. The molecule has 1 aliphatic carbocycles. The molecule has 0 radical (unpaired) electrons. The van der Waals surface area contributed by atoms with Crippen LogP contribution in [-0.4, -0.2) is 17.7 Å². The monoisotopic (exact) mass is 391 g/mol. The third-order valence-corrected chi connectivity index (χ3v) is 5.26. The van der Waals surface area contributed by atoms with Gasteiger partial charge < -0.3 is 10.1 Å². The molecule has 0 aromatic heterocycles. The molecule has 0 unspecified atom stereocenters. The first-order valence-corrected chi connectivity index (χ1v) is 9.50. The number of nitrogens with one attached hydrogen (secondary N) is 1. The third kappa shape index (κ3) is 4.52. The average molecular weight is 392 g/mol. The van der Waals surface area contributed by atoms with Crippen LogP contribution in [0.5, 0.6) is 0 Å². The van der Waals surface area contributed by atoms with E-state index in [0.717, 1.165) is 18.4 Å². The van der Waals surface area contributed by atoms with Crippen LogP contribution in [0.2, 0.25) is 10.0 Å². The first kappa shape index (κ1) is 19.1. The highest BCUT2D eigenvalue weighted by atomic mass is 35.5. The maximum atomic E-state index is 12.3. The van der Waals surface area contributed by atoms with Gasteiger partial charge in [-0.1, -0.05) is 53.5 Å². The Bertz CT molecular complexity index is 814. The number of alkyl carbamates (subject to hydrolysis) is 1. The molecule has 2 atom stereocenters. The van der Waals surface area contributed by atoms with Crippen molar-refractivity contribution in [3.63, 3.8) is 0 Å². The summed E-state index contributed by atoms with van der Waals surface area (Å²) >= 11 is 12.2. The first-order chi connectivity index (χ1) is 12.2. The maximum absolute atomic E-state index is 12.3. The van der Waals surface area contributed by atoms with E-state index in [9.17, 15) is 4.79 Å². The molecule has 1 amide bonds. The molecule has 0 fully saturated rings. The van der Waals surface area contributed by atoms with Crippen molar-refractivity contribution in [3.8, 4) is 0 Å². The summed E-state index contributed by atoms with van der Waals surface area (Å²) in [6.45, 7) is 5.59. The predicted octanol–water partition coefficient (Wildman–Crippen LogP) is 5.77. The van der Waals surface area contributed by atoms with Crippen LogP contribution in [0.15, 0.2) is 42.5 Å². The van der Waals surface area contributed by atoms with Gasteiger partial charge in [0, 0.05) is 12.0 Å². The van der Waals surface area contributed by atoms with Crippen molar-refractivity contribution >= 4 is 29.3 Å². The highest BCUT2D eigenvalue weighted by Gasteiger charge is 2.34. The molecule has 0 spiro atoms.